The highest BCUT2D eigenvalue weighted by Crippen LogP contribution is 2.13. The Bertz CT molecular complexity index is 751. The van der Waals surface area contributed by atoms with Crippen LogP contribution < -0.4 is 10.6 Å². The number of amides is 1. The zero-order chi connectivity index (χ0) is 20.0. The van der Waals surface area contributed by atoms with Crippen molar-refractivity contribution in [2.75, 3.05) is 20.1 Å². The molecule has 2 N–H and O–H groups in total. The predicted molar refractivity (Wildman–Crippen MR) is 101 cm³/mol. The fraction of sp³-hybridized carbons (Fsp3) is 0.526. The Hall–Kier alpha value is -2.82. The number of carbonyl (C=O) groups is 1. The van der Waals surface area contributed by atoms with Gasteiger partial charge in [0.1, 0.15) is 11.4 Å². The van der Waals surface area contributed by atoms with Crippen LogP contribution in [0, 0.1) is 17.1 Å². The molecule has 27 heavy (non-hydrogen) atoms. The number of likely N-dealkylation sites (tertiary alicyclic amines) is 1. The number of carbonyl (C=O) groups excluding carboxylic acids is 1. The molecule has 1 atom stereocenters. The number of ether oxygens (including phenoxy) is 1. The molecule has 0 radical (unpaired) electrons. The SMILES string of the molecule is CN=C(NCc1ccc(C#N)cc1F)N1CCC(NC(=O)OC(C)(C)C)C1. The van der Waals surface area contributed by atoms with E-state index in [1.54, 1.807) is 19.2 Å². The summed E-state index contributed by atoms with van der Waals surface area (Å²) in [5.74, 6) is 0.204. The maximum absolute atomic E-state index is 14.0. The van der Waals surface area contributed by atoms with Crippen LogP contribution in [0.15, 0.2) is 23.2 Å². The molecule has 1 heterocycles. The van der Waals surface area contributed by atoms with Crippen molar-refractivity contribution in [2.24, 2.45) is 4.99 Å². The number of benzene rings is 1. The smallest absolute Gasteiger partial charge is 0.407 e. The van der Waals surface area contributed by atoms with Gasteiger partial charge in [-0.3, -0.25) is 4.99 Å². The molecule has 7 nitrogen and oxygen atoms in total. The minimum absolute atomic E-state index is 0.0370. The summed E-state index contributed by atoms with van der Waals surface area (Å²) in [6, 6.07) is 6.27. The van der Waals surface area contributed by atoms with Gasteiger partial charge in [-0.25, -0.2) is 9.18 Å². The highest BCUT2D eigenvalue weighted by atomic mass is 19.1. The van der Waals surface area contributed by atoms with Crippen molar-refractivity contribution < 1.29 is 13.9 Å². The van der Waals surface area contributed by atoms with Crippen LogP contribution in [0.3, 0.4) is 0 Å². The van der Waals surface area contributed by atoms with E-state index in [1.807, 2.05) is 31.7 Å². The van der Waals surface area contributed by atoms with E-state index in [0.717, 1.165) is 13.0 Å². The summed E-state index contributed by atoms with van der Waals surface area (Å²) >= 11 is 0. The van der Waals surface area contributed by atoms with Crippen LogP contribution in [0.2, 0.25) is 0 Å². The van der Waals surface area contributed by atoms with Crippen molar-refractivity contribution in [3.8, 4) is 6.07 Å². The molecule has 1 fully saturated rings. The van der Waals surface area contributed by atoms with Crippen molar-refractivity contribution >= 4 is 12.1 Å². The Morgan fingerprint density at radius 1 is 1.48 bits per heavy atom. The van der Waals surface area contributed by atoms with Crippen molar-refractivity contribution in [1.82, 2.24) is 15.5 Å². The second-order valence-corrected chi connectivity index (χ2v) is 7.40. The maximum atomic E-state index is 14.0. The molecule has 1 aromatic carbocycles. The van der Waals surface area contributed by atoms with Crippen LogP contribution in [-0.4, -0.2) is 48.7 Å². The van der Waals surface area contributed by atoms with E-state index < -0.39 is 17.5 Å². The molecular weight excluding hydrogens is 349 g/mol. The van der Waals surface area contributed by atoms with Gasteiger partial charge in [-0.05, 0) is 39.3 Å². The molecular formula is C19H26FN5O2. The van der Waals surface area contributed by atoms with Gasteiger partial charge in [-0.2, -0.15) is 5.26 Å². The van der Waals surface area contributed by atoms with Crippen LogP contribution in [0.25, 0.3) is 0 Å². The Morgan fingerprint density at radius 2 is 2.22 bits per heavy atom. The van der Waals surface area contributed by atoms with Gasteiger partial charge >= 0.3 is 6.09 Å². The van der Waals surface area contributed by atoms with Crippen molar-refractivity contribution in [1.29, 1.82) is 5.26 Å². The minimum Gasteiger partial charge on any atom is -0.444 e. The van der Waals surface area contributed by atoms with E-state index in [0.29, 0.717) is 18.1 Å². The van der Waals surface area contributed by atoms with Gasteiger partial charge in [0.25, 0.3) is 0 Å². The highest BCUT2D eigenvalue weighted by molar-refractivity contribution is 5.80. The molecule has 0 spiro atoms. The van der Waals surface area contributed by atoms with Gasteiger partial charge in [-0.1, -0.05) is 6.07 Å². The standard InChI is InChI=1S/C19H26FN5O2/c1-19(2,3)27-18(26)24-15-7-8-25(12-15)17(22-4)23-11-14-6-5-13(10-21)9-16(14)20/h5-6,9,15H,7-8,11-12H2,1-4H3,(H,22,23)(H,24,26). The summed E-state index contributed by atoms with van der Waals surface area (Å²) in [6.07, 6.45) is 0.336. The number of alkyl carbamates (subject to hydrolysis) is 1. The summed E-state index contributed by atoms with van der Waals surface area (Å²) in [6.45, 7) is 7.03. The molecule has 2 rings (SSSR count). The molecule has 1 aliphatic heterocycles. The zero-order valence-corrected chi connectivity index (χ0v) is 16.2. The Balaban J connectivity index is 1.88. The van der Waals surface area contributed by atoms with E-state index >= 15 is 0 Å². The molecule has 0 aromatic heterocycles. The molecule has 146 valence electrons. The van der Waals surface area contributed by atoms with Crippen molar-refractivity contribution in [3.63, 3.8) is 0 Å². The zero-order valence-electron chi connectivity index (χ0n) is 16.2. The lowest BCUT2D eigenvalue weighted by Crippen LogP contribution is -2.44. The number of guanidine groups is 1. The maximum Gasteiger partial charge on any atom is 0.407 e. The van der Waals surface area contributed by atoms with Crippen molar-refractivity contribution in [3.05, 3.63) is 35.1 Å². The fourth-order valence-corrected chi connectivity index (χ4v) is 2.81. The summed E-state index contributed by atoms with van der Waals surface area (Å²) in [5.41, 5.74) is 0.208. The Kier molecular flexibility index (Phi) is 6.61. The second kappa shape index (κ2) is 8.71. The van der Waals surface area contributed by atoms with E-state index in [2.05, 4.69) is 15.6 Å². The Morgan fingerprint density at radius 3 is 2.81 bits per heavy atom. The first kappa shape index (κ1) is 20.5. The molecule has 0 bridgehead atoms. The number of hydrogen-bond acceptors (Lipinski definition) is 4. The first-order valence-corrected chi connectivity index (χ1v) is 8.85. The molecule has 1 aliphatic rings. The average Bonchev–Trinajstić information content (AvgIpc) is 3.02. The summed E-state index contributed by atoms with van der Waals surface area (Å²) in [7, 11) is 1.66. The lowest BCUT2D eigenvalue weighted by molar-refractivity contribution is 0.0507. The molecule has 0 saturated carbocycles. The first-order valence-electron chi connectivity index (χ1n) is 8.85. The van der Waals surface area contributed by atoms with E-state index in [-0.39, 0.29) is 18.2 Å². The monoisotopic (exact) mass is 375 g/mol. The topological polar surface area (TPSA) is 89.8 Å². The van der Waals surface area contributed by atoms with Gasteiger partial charge in [0, 0.05) is 32.2 Å². The van der Waals surface area contributed by atoms with Crippen LogP contribution >= 0.6 is 0 Å². The van der Waals surface area contributed by atoms with Crippen LogP contribution in [0.5, 0.6) is 0 Å². The number of aliphatic imine (C=N–C) groups is 1. The molecule has 1 amide bonds. The van der Waals surface area contributed by atoms with Crippen molar-refractivity contribution in [2.45, 2.75) is 45.4 Å². The van der Waals surface area contributed by atoms with Gasteiger partial charge in [0.2, 0.25) is 0 Å². The Labute approximate surface area is 159 Å². The number of rotatable bonds is 3. The summed E-state index contributed by atoms with van der Waals surface area (Å²) in [4.78, 5) is 18.1. The van der Waals surface area contributed by atoms with Gasteiger partial charge in [0.15, 0.2) is 5.96 Å². The quantitative estimate of drug-likeness (QED) is 0.625. The van der Waals surface area contributed by atoms with Crippen LogP contribution in [0.4, 0.5) is 9.18 Å². The molecule has 1 aromatic rings. The molecule has 0 aliphatic carbocycles. The number of nitriles is 1. The fourth-order valence-electron chi connectivity index (χ4n) is 2.81. The third-order valence-corrected chi connectivity index (χ3v) is 4.04. The van der Waals surface area contributed by atoms with E-state index in [4.69, 9.17) is 10.00 Å². The van der Waals surface area contributed by atoms with Gasteiger partial charge in [-0.15, -0.1) is 0 Å². The number of nitrogens with zero attached hydrogens (tertiary/aromatic N) is 3. The summed E-state index contributed by atoms with van der Waals surface area (Å²) < 4.78 is 19.3. The molecule has 1 unspecified atom stereocenters. The number of halogens is 1. The first-order chi connectivity index (χ1) is 12.7. The largest absolute Gasteiger partial charge is 0.444 e. The van der Waals surface area contributed by atoms with Crippen LogP contribution in [-0.2, 0) is 11.3 Å². The third kappa shape index (κ3) is 6.13. The normalized spacial score (nSPS) is 17.4. The lowest BCUT2D eigenvalue weighted by Gasteiger charge is -2.23. The number of hydrogen-bond donors (Lipinski definition) is 2. The average molecular weight is 375 g/mol. The van der Waals surface area contributed by atoms with Crippen LogP contribution in [0.1, 0.15) is 38.3 Å². The van der Waals surface area contributed by atoms with E-state index in [9.17, 15) is 9.18 Å². The van der Waals surface area contributed by atoms with E-state index in [1.165, 1.54) is 6.07 Å². The third-order valence-electron chi connectivity index (χ3n) is 4.04. The van der Waals surface area contributed by atoms with Gasteiger partial charge < -0.3 is 20.3 Å². The second-order valence-electron chi connectivity index (χ2n) is 7.40. The lowest BCUT2D eigenvalue weighted by atomic mass is 10.1. The predicted octanol–water partition coefficient (Wildman–Crippen LogP) is 2.37. The highest BCUT2D eigenvalue weighted by Gasteiger charge is 2.27. The summed E-state index contributed by atoms with van der Waals surface area (Å²) in [5, 5.41) is 14.8. The number of nitrogens with one attached hydrogen (secondary N) is 2. The van der Waals surface area contributed by atoms with Gasteiger partial charge in [0.05, 0.1) is 17.7 Å². The minimum atomic E-state index is -0.537. The molecule has 8 heteroatoms. The molecule has 1 saturated heterocycles.